The topological polar surface area (TPSA) is 417 Å². The van der Waals surface area contributed by atoms with Crippen LogP contribution in [-0.2, 0) is 84.2 Å². The number of carbonyl (C=O) groups is 11. The fraction of sp³-hybridized carbons (Fsp3) is 0.719. The average molecular weight is 2030 g/mol. The number of aliphatic hydroxyl groups excluding tert-OH is 2. The minimum absolute atomic E-state index is 0. The second-order valence-electron chi connectivity index (χ2n) is 36.0. The van der Waals surface area contributed by atoms with Crippen molar-refractivity contribution in [2.45, 2.75) is 279 Å². The molecule has 0 bridgehead atoms. The number of Topliss-reactive ketones (excluding diaryl/α,β-unsaturated/α-hetero) is 2. The normalized spacial score (nSPS) is 18.7. The second-order valence-corrected chi connectivity index (χ2v) is 70.5. The van der Waals surface area contributed by atoms with Gasteiger partial charge in [0.15, 0.2) is 0 Å². The van der Waals surface area contributed by atoms with Crippen molar-refractivity contribution in [1.82, 2.24) is 45.3 Å². The Kier molecular flexibility index (Phi) is 57.4. The lowest BCUT2D eigenvalue weighted by molar-refractivity contribution is -0.148. The van der Waals surface area contributed by atoms with Crippen molar-refractivity contribution in [2.75, 3.05) is 75.3 Å². The molecule has 5 rings (SSSR count). The second kappa shape index (κ2) is 60.7. The van der Waals surface area contributed by atoms with Crippen LogP contribution in [0.2, 0.25) is 0 Å². The number of imide groups is 1. The van der Waals surface area contributed by atoms with Gasteiger partial charge in [-0.25, -0.2) is 0 Å². The number of nitrogens with zero attached hydrogens (tertiary/aromatic N) is 6. The zero-order valence-corrected chi connectivity index (χ0v) is 90.8. The van der Waals surface area contributed by atoms with E-state index in [0.717, 1.165) is 12.9 Å². The quantitative estimate of drug-likeness (QED) is 0.0169. The molecule has 9 N–H and O–H groups in total. The number of likely N-dealkylation sites (tertiary alicyclic amines) is 2. The van der Waals surface area contributed by atoms with Gasteiger partial charge in [-0.3, -0.25) is 66.8 Å². The number of amides is 9. The van der Waals surface area contributed by atoms with Gasteiger partial charge in [-0.1, -0.05) is 192 Å². The van der Waals surface area contributed by atoms with Gasteiger partial charge in [-0.2, -0.15) is 0 Å². The number of ketones is 2. The molecular formula is C89H160N9O21P11. The van der Waals surface area contributed by atoms with Crippen LogP contribution in [0.4, 0.5) is 0 Å². The summed E-state index contributed by atoms with van der Waals surface area (Å²) in [5.41, 5.74) is -1.05. The Morgan fingerprint density at radius 2 is 0.915 bits per heavy atom. The smallest absolute Gasteiger partial charge is 0.329 e. The minimum Gasteiger partial charge on any atom is -0.396 e. The monoisotopic (exact) mass is 2030 g/mol. The highest BCUT2D eigenvalue weighted by atomic mass is 33.2. The van der Waals surface area contributed by atoms with Crippen molar-refractivity contribution in [2.24, 2.45) is 59.2 Å². The Labute approximate surface area is 792 Å². The molecule has 3 aliphatic heterocycles. The molecule has 0 saturated carbocycles. The molecule has 10 unspecified atom stereocenters. The predicted octanol–water partition coefficient (Wildman–Crippen LogP) is 13.4. The van der Waals surface area contributed by atoms with Crippen LogP contribution in [0.3, 0.4) is 0 Å². The number of unbranched alkanes of at least 4 members (excludes halogenated alkanes) is 2. The number of rotatable bonds is 53. The lowest BCUT2D eigenvalue weighted by atomic mass is 9.82. The van der Waals surface area contributed by atoms with Crippen molar-refractivity contribution >= 4 is 153 Å². The lowest BCUT2D eigenvalue weighted by Crippen LogP contribution is -2.60. The van der Waals surface area contributed by atoms with Gasteiger partial charge in [0.05, 0.1) is 54.5 Å². The number of hydrogen-bond donors (Lipinski definition) is 9. The molecular weight excluding hydrogens is 1870 g/mol. The number of aliphatic hydroxyl groups is 2. The van der Waals surface area contributed by atoms with Gasteiger partial charge in [0, 0.05) is 135 Å². The highest BCUT2D eigenvalue weighted by molar-refractivity contribution is 9.10. The molecule has 2 fully saturated rings. The predicted molar refractivity (Wildman–Crippen MR) is 544 cm³/mol. The molecule has 30 nitrogen and oxygen atoms in total. The summed E-state index contributed by atoms with van der Waals surface area (Å²) in [5.74, 6) is -7.66. The maximum atomic E-state index is 14.6. The number of methoxy groups -OCH3 is 2. The van der Waals surface area contributed by atoms with Crippen LogP contribution < -0.4 is 16.0 Å². The van der Waals surface area contributed by atoms with E-state index in [1.54, 1.807) is 122 Å². The Morgan fingerprint density at radius 1 is 0.546 bits per heavy atom. The summed E-state index contributed by atoms with van der Waals surface area (Å²) in [5, 5.41) is 30.2. The Hall–Kier alpha value is -3.08. The summed E-state index contributed by atoms with van der Waals surface area (Å²) in [4.78, 5) is 198. The standard InChI is InChI=1S/C49H78N5O12P.C39H67N4O9P.CH4.H11P9/c1-11-33(6)47(52(9)49(62)45(31(2)3)50-48(61)46(32(4)5)51(8)41(57)22-16-13-17-25-54-42(58)23-24-43(54)59)40(66-10)29-44(60)53-26-18-21-38(53)37(30-55)34(7)39(56)28-36(67(63,64)65)27-35-19-14-12-15-20-35;1-11-26(6)37(42(9)39(48)36(25(4)5)41-38(47)35(40-8)24(2)3)33(52-10)22-34(46)43-19-15-18-31(43)30(23-44)27(7)32(45)21-29(53(49,50)51)20-28-16-13-12-14-17-28;;1-6-9(7(2)3)8(4)5/h12,14-15,19-20,23-24,31-34,36-38,40,45-47,55H,11,13,16-18,21-22,25-30H2,1-10H3,(H,50,61)(H2,63,64,65);12-14,16-17,24-27,29-31,33,35-37,40,44H,11,15,18-23H2,1-10H3,(H,41,47)(H2,49,50,51);1H4;6H,1-5H2/t33?,34-,36?,37+,38-,40+,45-,46-,47-;26?,27-,29?,30+,31-,33+,35-,36-,37-;;/m00../s1. The molecule has 130 heavy (non-hydrogen) atoms. The molecule has 0 radical (unpaired) electrons. The first kappa shape index (κ1) is 123. The van der Waals surface area contributed by atoms with Gasteiger partial charge in [-0.15, -0.1) is 44.6 Å². The summed E-state index contributed by atoms with van der Waals surface area (Å²) >= 11 is 0. The van der Waals surface area contributed by atoms with Crippen LogP contribution in [0, 0.1) is 59.2 Å². The zero-order chi connectivity index (χ0) is 98.0. The maximum absolute atomic E-state index is 14.6. The molecule has 24 atom stereocenters. The van der Waals surface area contributed by atoms with E-state index < -0.39 is 135 Å². The molecule has 3 heterocycles. The molecule has 2 aromatic carbocycles. The van der Waals surface area contributed by atoms with Gasteiger partial charge in [-0.05, 0) is 126 Å². The third-order valence-corrected chi connectivity index (χ3v) is 72.6. The van der Waals surface area contributed by atoms with Crippen molar-refractivity contribution in [3.05, 3.63) is 83.9 Å². The summed E-state index contributed by atoms with van der Waals surface area (Å²) in [6, 6.07) is 12.4. The highest BCUT2D eigenvalue weighted by Crippen LogP contribution is 3.04. The SMILES string of the molecule is C.CCC(C)[C@@H]([C@@H](CC(=O)N1CCC[C@H]1[C@H](CO)[C@H](C)C(=O)CC(Cc1ccccc1)P(=O)(O)O)OC)N(C)C(=O)[C@@H](NC(=O)[C@@H](NC)C(C)C)C(C)C.CCC(C)[C@@H]([C@@H](CC(=O)N1CCC[C@H]1[C@H](CO)[C@H](C)C(=O)CC(Cc1ccccc1)P(=O)(O)O)OC)N(C)C(=O)[C@@H](NC(=O)[C@H](C(C)C)N(C)C(=O)CCCCCN1C(=O)C=CC1=O)C(C)C.PPP(P(P)P)P(P)P. The number of carbonyl (C=O) groups excluding carboxylic acids is 11. The Balaban J connectivity index is 0.000000813. The van der Waals surface area contributed by atoms with Crippen LogP contribution >= 0.6 is 88.8 Å². The van der Waals surface area contributed by atoms with Gasteiger partial charge < -0.3 is 79.7 Å². The molecule has 2 saturated heterocycles. The molecule has 0 spiro atoms. The van der Waals surface area contributed by atoms with E-state index in [9.17, 15) is 91.7 Å². The molecule has 41 heteroatoms. The van der Waals surface area contributed by atoms with E-state index in [2.05, 4.69) is 60.6 Å². The molecule has 0 aromatic heterocycles. The first-order valence-electron chi connectivity index (χ1n) is 45.0. The van der Waals surface area contributed by atoms with E-state index in [1.165, 1.54) is 31.3 Å². The first-order chi connectivity index (χ1) is 60.4. The van der Waals surface area contributed by atoms with Crippen molar-refractivity contribution in [1.29, 1.82) is 0 Å². The molecule has 2 aromatic rings. The fourth-order valence-electron chi connectivity index (χ4n) is 17.7. The van der Waals surface area contributed by atoms with Gasteiger partial charge >= 0.3 is 15.2 Å². The van der Waals surface area contributed by atoms with E-state index >= 15 is 0 Å². The lowest BCUT2D eigenvalue weighted by Gasteiger charge is -2.41. The summed E-state index contributed by atoms with van der Waals surface area (Å²) in [6.07, 6.45) is 5.59. The summed E-state index contributed by atoms with van der Waals surface area (Å²) < 4.78 is 37.0. The number of ether oxygens (including phenoxy) is 2. The molecule has 742 valence electrons. The third-order valence-electron chi connectivity index (χ3n) is 25.7. The minimum atomic E-state index is -4.67. The van der Waals surface area contributed by atoms with E-state index in [-0.39, 0.29) is 162 Å². The van der Waals surface area contributed by atoms with Crippen molar-refractivity contribution < 1.29 is 101 Å². The average Bonchev–Trinajstić information content (AvgIpc) is 1.53. The van der Waals surface area contributed by atoms with Crippen molar-refractivity contribution in [3.63, 3.8) is 0 Å². The van der Waals surface area contributed by atoms with Gasteiger partial charge in [0.1, 0.15) is 29.7 Å². The van der Waals surface area contributed by atoms with Crippen LogP contribution in [0.25, 0.3) is 0 Å². The van der Waals surface area contributed by atoms with Crippen LogP contribution in [-0.4, -0.2) is 271 Å². The van der Waals surface area contributed by atoms with Crippen molar-refractivity contribution in [3.8, 4) is 0 Å². The number of nitrogens with one attached hydrogen (secondary N) is 3. The molecule has 0 aliphatic carbocycles. The molecule has 3 aliphatic rings. The third kappa shape index (κ3) is 37.6. The summed E-state index contributed by atoms with van der Waals surface area (Å²) in [7, 11) is 15.9. The van der Waals surface area contributed by atoms with E-state index in [0.29, 0.717) is 89.0 Å². The zero-order valence-electron chi connectivity index (χ0n) is 79.6. The van der Waals surface area contributed by atoms with E-state index in [1.807, 2.05) is 83.1 Å². The number of likely N-dealkylation sites (N-methyl/N-ethyl adjacent to an activating group) is 4. The Bertz CT molecular complexity index is 3970. The fourth-order valence-corrected chi connectivity index (χ4v) is 80.5. The highest BCUT2D eigenvalue weighted by Gasteiger charge is 2.48. The maximum Gasteiger partial charge on any atom is 0.329 e. The van der Waals surface area contributed by atoms with Crippen LogP contribution in [0.1, 0.15) is 205 Å². The van der Waals surface area contributed by atoms with E-state index in [4.69, 9.17) is 9.47 Å². The molecule has 9 amide bonds. The van der Waals surface area contributed by atoms with Crippen LogP contribution in [0.15, 0.2) is 72.8 Å². The first-order valence-corrected chi connectivity index (χ1v) is 63.9. The van der Waals surface area contributed by atoms with Crippen LogP contribution in [0.5, 0.6) is 0 Å². The number of hydrogen-bond acceptors (Lipinski definition) is 18. The van der Waals surface area contributed by atoms with Gasteiger partial charge in [0.2, 0.25) is 41.4 Å². The Morgan fingerprint density at radius 3 is 1.22 bits per heavy atom. The summed E-state index contributed by atoms with van der Waals surface area (Å²) in [6.45, 7) is 27.0. The number of benzene rings is 2. The largest absolute Gasteiger partial charge is 0.396 e. The van der Waals surface area contributed by atoms with Gasteiger partial charge in [0.25, 0.3) is 11.8 Å².